The number of halogens is 1. The number of para-hydroxylation sites is 2. The molecule has 3 heterocycles. The summed E-state index contributed by atoms with van der Waals surface area (Å²) in [6.45, 7) is 2.38. The molecule has 0 radical (unpaired) electrons. The Labute approximate surface area is 205 Å². The minimum Gasteiger partial charge on any atom is -0.335 e. The quantitative estimate of drug-likeness (QED) is 0.455. The first-order chi connectivity index (χ1) is 16.6. The molecule has 0 spiro atoms. The molecule has 0 saturated carbocycles. The van der Waals surface area contributed by atoms with Crippen LogP contribution in [0.5, 0.6) is 0 Å². The second kappa shape index (κ2) is 9.84. The van der Waals surface area contributed by atoms with E-state index in [1.165, 1.54) is 17.5 Å². The summed E-state index contributed by atoms with van der Waals surface area (Å²) >= 11 is 7.61. The van der Waals surface area contributed by atoms with Gasteiger partial charge in [-0.25, -0.2) is 15.0 Å². The SMILES string of the molecule is O=C(CN1CCN(C(=O)c2nccnc2-c2nc3ccccc3s2)CC1)Nc1ccccc1Cl. The Hall–Kier alpha value is -3.40. The Bertz CT molecular complexity index is 1320. The van der Waals surface area contributed by atoms with E-state index in [9.17, 15) is 9.59 Å². The fraction of sp³-hybridized carbons (Fsp3) is 0.208. The van der Waals surface area contributed by atoms with Crippen molar-refractivity contribution in [2.24, 2.45) is 0 Å². The second-order valence-electron chi connectivity index (χ2n) is 7.84. The number of piperazine rings is 1. The molecule has 1 aliphatic rings. The molecule has 2 amide bonds. The van der Waals surface area contributed by atoms with Gasteiger partial charge in [0.05, 0.1) is 27.5 Å². The predicted molar refractivity (Wildman–Crippen MR) is 133 cm³/mol. The van der Waals surface area contributed by atoms with Crippen molar-refractivity contribution in [3.63, 3.8) is 0 Å². The number of anilines is 1. The Kier molecular flexibility index (Phi) is 6.48. The lowest BCUT2D eigenvalue weighted by Crippen LogP contribution is -2.50. The van der Waals surface area contributed by atoms with Crippen molar-refractivity contribution in [1.29, 1.82) is 0 Å². The highest BCUT2D eigenvalue weighted by Gasteiger charge is 2.27. The van der Waals surface area contributed by atoms with E-state index in [1.54, 1.807) is 23.2 Å². The first-order valence-electron chi connectivity index (χ1n) is 10.8. The molecular weight excluding hydrogens is 472 g/mol. The Morgan fingerprint density at radius 2 is 1.71 bits per heavy atom. The maximum Gasteiger partial charge on any atom is 0.274 e. The van der Waals surface area contributed by atoms with Crippen molar-refractivity contribution < 1.29 is 9.59 Å². The molecule has 5 rings (SSSR count). The maximum absolute atomic E-state index is 13.3. The Balaban J connectivity index is 1.23. The van der Waals surface area contributed by atoms with Crippen LogP contribution in [0.4, 0.5) is 5.69 Å². The number of fused-ring (bicyclic) bond motifs is 1. The molecule has 1 N–H and O–H groups in total. The van der Waals surface area contributed by atoms with Crippen LogP contribution in [0, 0.1) is 0 Å². The highest BCUT2D eigenvalue weighted by atomic mass is 35.5. The zero-order valence-corrected chi connectivity index (χ0v) is 19.7. The van der Waals surface area contributed by atoms with Crippen molar-refractivity contribution >= 4 is 50.7 Å². The number of nitrogens with one attached hydrogen (secondary N) is 1. The highest BCUT2D eigenvalue weighted by molar-refractivity contribution is 7.21. The van der Waals surface area contributed by atoms with Crippen molar-refractivity contribution in [3.8, 4) is 10.7 Å². The van der Waals surface area contributed by atoms with Gasteiger partial charge in [-0.3, -0.25) is 14.5 Å². The number of hydrogen-bond donors (Lipinski definition) is 1. The van der Waals surface area contributed by atoms with E-state index in [1.807, 2.05) is 41.3 Å². The lowest BCUT2D eigenvalue weighted by molar-refractivity contribution is -0.117. The number of rotatable bonds is 5. The molecule has 172 valence electrons. The lowest BCUT2D eigenvalue weighted by Gasteiger charge is -2.34. The predicted octanol–water partition coefficient (Wildman–Crippen LogP) is 3.80. The van der Waals surface area contributed by atoms with E-state index in [-0.39, 0.29) is 18.4 Å². The van der Waals surface area contributed by atoms with Gasteiger partial charge in [0.25, 0.3) is 5.91 Å². The van der Waals surface area contributed by atoms with Crippen LogP contribution in [0.2, 0.25) is 5.02 Å². The molecule has 34 heavy (non-hydrogen) atoms. The number of hydrogen-bond acceptors (Lipinski definition) is 7. The van der Waals surface area contributed by atoms with Crippen molar-refractivity contribution in [3.05, 3.63) is 71.6 Å². The molecule has 0 unspecified atom stereocenters. The van der Waals surface area contributed by atoms with Crippen LogP contribution in [0.25, 0.3) is 20.9 Å². The van der Waals surface area contributed by atoms with E-state index in [2.05, 4.69) is 20.3 Å². The van der Waals surface area contributed by atoms with Gasteiger partial charge in [-0.2, -0.15) is 0 Å². The van der Waals surface area contributed by atoms with Crippen LogP contribution in [-0.4, -0.2) is 69.3 Å². The monoisotopic (exact) mass is 492 g/mol. The molecule has 1 fully saturated rings. The molecule has 0 bridgehead atoms. The van der Waals surface area contributed by atoms with Crippen LogP contribution in [0.3, 0.4) is 0 Å². The van der Waals surface area contributed by atoms with Crippen LogP contribution in [-0.2, 0) is 4.79 Å². The van der Waals surface area contributed by atoms with Gasteiger partial charge in [-0.05, 0) is 24.3 Å². The zero-order chi connectivity index (χ0) is 23.5. The third-order valence-corrected chi connectivity index (χ3v) is 6.94. The van der Waals surface area contributed by atoms with Crippen molar-refractivity contribution in [1.82, 2.24) is 24.8 Å². The number of carbonyl (C=O) groups is 2. The summed E-state index contributed by atoms with van der Waals surface area (Å²) in [6, 6.07) is 15.0. The maximum atomic E-state index is 13.3. The molecular formula is C24H21ClN6O2S. The average Bonchev–Trinajstić information content (AvgIpc) is 3.30. The summed E-state index contributed by atoms with van der Waals surface area (Å²) in [5.74, 6) is -0.317. The molecule has 1 aliphatic heterocycles. The van der Waals surface area contributed by atoms with Crippen LogP contribution >= 0.6 is 22.9 Å². The third kappa shape index (κ3) is 4.77. The van der Waals surface area contributed by atoms with Gasteiger partial charge in [0, 0.05) is 38.6 Å². The lowest BCUT2D eigenvalue weighted by atomic mass is 10.2. The molecule has 10 heteroatoms. The Morgan fingerprint density at radius 3 is 2.50 bits per heavy atom. The number of amides is 2. The van der Waals surface area contributed by atoms with E-state index < -0.39 is 0 Å². The average molecular weight is 493 g/mol. The van der Waals surface area contributed by atoms with E-state index in [0.29, 0.717) is 53.3 Å². The normalized spacial score (nSPS) is 14.3. The summed E-state index contributed by atoms with van der Waals surface area (Å²) in [5.41, 5.74) is 2.25. The second-order valence-corrected chi connectivity index (χ2v) is 9.27. The number of benzene rings is 2. The van der Waals surface area contributed by atoms with Gasteiger partial charge < -0.3 is 10.2 Å². The molecule has 2 aromatic carbocycles. The number of nitrogens with zero attached hydrogens (tertiary/aromatic N) is 5. The minimum atomic E-state index is -0.178. The van der Waals surface area contributed by atoms with Gasteiger partial charge in [-0.15, -0.1) is 11.3 Å². The fourth-order valence-electron chi connectivity index (χ4n) is 3.84. The number of aromatic nitrogens is 3. The molecule has 1 saturated heterocycles. The van der Waals surface area contributed by atoms with Gasteiger partial charge in [0.1, 0.15) is 10.7 Å². The molecule has 2 aromatic heterocycles. The highest BCUT2D eigenvalue weighted by Crippen LogP contribution is 2.30. The standard InChI is InChI=1S/C24H21ClN6O2S/c25-16-5-1-2-6-17(16)28-20(32)15-30-11-13-31(14-12-30)24(33)22-21(26-9-10-27-22)23-29-18-7-3-4-8-19(18)34-23/h1-10H,11-15H2,(H,28,32). The van der Waals surface area contributed by atoms with Gasteiger partial charge in [0.15, 0.2) is 5.69 Å². The molecule has 8 nitrogen and oxygen atoms in total. The summed E-state index contributed by atoms with van der Waals surface area (Å²) < 4.78 is 1.03. The molecule has 4 aromatic rings. The van der Waals surface area contributed by atoms with Crippen molar-refractivity contribution in [2.75, 3.05) is 38.0 Å². The first-order valence-corrected chi connectivity index (χ1v) is 12.0. The Morgan fingerprint density at radius 1 is 0.971 bits per heavy atom. The summed E-state index contributed by atoms with van der Waals surface area (Å²) in [6.07, 6.45) is 3.10. The van der Waals surface area contributed by atoms with E-state index in [0.717, 1.165) is 10.2 Å². The van der Waals surface area contributed by atoms with Gasteiger partial charge >= 0.3 is 0 Å². The first kappa shape index (κ1) is 22.4. The summed E-state index contributed by atoms with van der Waals surface area (Å²) in [7, 11) is 0. The summed E-state index contributed by atoms with van der Waals surface area (Å²) in [5, 5.41) is 4.01. The topological polar surface area (TPSA) is 91.3 Å². The smallest absolute Gasteiger partial charge is 0.274 e. The van der Waals surface area contributed by atoms with Crippen LogP contribution in [0.1, 0.15) is 10.5 Å². The zero-order valence-electron chi connectivity index (χ0n) is 18.1. The van der Waals surface area contributed by atoms with Crippen LogP contribution < -0.4 is 5.32 Å². The van der Waals surface area contributed by atoms with Crippen LogP contribution in [0.15, 0.2) is 60.9 Å². The van der Waals surface area contributed by atoms with Crippen molar-refractivity contribution in [2.45, 2.75) is 0 Å². The number of thiazole rings is 1. The molecule has 0 atom stereocenters. The van der Waals surface area contributed by atoms with E-state index >= 15 is 0 Å². The number of carbonyl (C=O) groups excluding carboxylic acids is 2. The van der Waals surface area contributed by atoms with Gasteiger partial charge in [0.2, 0.25) is 5.91 Å². The third-order valence-electron chi connectivity index (χ3n) is 5.57. The minimum absolute atomic E-state index is 0.139. The largest absolute Gasteiger partial charge is 0.335 e. The van der Waals surface area contributed by atoms with E-state index in [4.69, 9.17) is 11.6 Å². The fourth-order valence-corrected chi connectivity index (χ4v) is 4.98. The molecule has 0 aliphatic carbocycles. The van der Waals surface area contributed by atoms with Gasteiger partial charge in [-0.1, -0.05) is 35.9 Å². The summed E-state index contributed by atoms with van der Waals surface area (Å²) in [4.78, 5) is 42.9.